The quantitative estimate of drug-likeness (QED) is 0.910. The fourth-order valence-electron chi connectivity index (χ4n) is 2.14. The highest BCUT2D eigenvalue weighted by Gasteiger charge is 2.12. The monoisotopic (exact) mass is 319 g/mol. The molecule has 5 heteroatoms. The maximum absolute atomic E-state index is 12.2. The normalized spacial score (nSPS) is 10.2. The number of nitrogens with one attached hydrogen (secondary N) is 1. The molecule has 0 aliphatic carbocycles. The van der Waals surface area contributed by atoms with Crippen molar-refractivity contribution in [1.29, 1.82) is 0 Å². The number of carbonyl (C=O) groups is 1. The molecule has 116 valence electrons. The van der Waals surface area contributed by atoms with Crippen LogP contribution >= 0.6 is 11.6 Å². The van der Waals surface area contributed by atoms with E-state index in [9.17, 15) is 4.79 Å². The van der Waals surface area contributed by atoms with Gasteiger partial charge in [-0.2, -0.15) is 0 Å². The van der Waals surface area contributed by atoms with Crippen molar-refractivity contribution in [3.8, 4) is 11.5 Å². The lowest BCUT2D eigenvalue weighted by Gasteiger charge is -2.13. The molecule has 0 aromatic heterocycles. The smallest absolute Gasteiger partial charge is 0.228 e. The number of rotatable bonds is 5. The van der Waals surface area contributed by atoms with E-state index in [0.29, 0.717) is 22.2 Å². The van der Waals surface area contributed by atoms with Crippen LogP contribution in [0.1, 0.15) is 11.1 Å². The van der Waals surface area contributed by atoms with Crippen LogP contribution in [-0.2, 0) is 11.2 Å². The lowest BCUT2D eigenvalue weighted by molar-refractivity contribution is -0.115. The standard InChI is InChI=1S/C17H18ClNO3/c1-11-8-15(21-2)16(22-3)9-12(11)10-17(20)19-14-7-5-4-6-13(14)18/h4-9H,10H2,1-3H3,(H,19,20). The summed E-state index contributed by atoms with van der Waals surface area (Å²) in [7, 11) is 3.15. The predicted octanol–water partition coefficient (Wildman–Crippen LogP) is 3.85. The highest BCUT2D eigenvalue weighted by molar-refractivity contribution is 6.33. The molecule has 0 aliphatic heterocycles. The Hall–Kier alpha value is -2.20. The summed E-state index contributed by atoms with van der Waals surface area (Å²) in [5.74, 6) is 1.12. The van der Waals surface area contributed by atoms with E-state index in [1.54, 1.807) is 26.4 Å². The minimum atomic E-state index is -0.136. The zero-order valence-electron chi connectivity index (χ0n) is 12.8. The number of hydrogen-bond donors (Lipinski definition) is 1. The molecule has 0 fully saturated rings. The Balaban J connectivity index is 2.16. The fraction of sp³-hybridized carbons (Fsp3) is 0.235. The van der Waals surface area contributed by atoms with Gasteiger partial charge in [0.2, 0.25) is 5.91 Å². The van der Waals surface area contributed by atoms with Crippen LogP contribution < -0.4 is 14.8 Å². The average Bonchev–Trinajstić information content (AvgIpc) is 2.51. The van der Waals surface area contributed by atoms with Gasteiger partial charge < -0.3 is 14.8 Å². The summed E-state index contributed by atoms with van der Waals surface area (Å²) in [5, 5.41) is 3.32. The van der Waals surface area contributed by atoms with Crippen LogP contribution in [0, 0.1) is 6.92 Å². The van der Waals surface area contributed by atoms with Gasteiger partial charge in [0.05, 0.1) is 31.4 Å². The van der Waals surface area contributed by atoms with Crippen LogP contribution in [0.3, 0.4) is 0 Å². The van der Waals surface area contributed by atoms with Gasteiger partial charge in [0, 0.05) is 0 Å². The van der Waals surface area contributed by atoms with Gasteiger partial charge in [-0.05, 0) is 42.3 Å². The summed E-state index contributed by atoms with van der Waals surface area (Å²) in [6.07, 6.45) is 0.234. The maximum atomic E-state index is 12.2. The number of carbonyl (C=O) groups excluding carboxylic acids is 1. The second-order valence-corrected chi connectivity index (χ2v) is 5.25. The number of ether oxygens (including phenoxy) is 2. The molecule has 0 spiro atoms. The number of para-hydroxylation sites is 1. The molecule has 2 aromatic carbocycles. The van der Waals surface area contributed by atoms with E-state index in [4.69, 9.17) is 21.1 Å². The van der Waals surface area contributed by atoms with Crippen LogP contribution in [0.4, 0.5) is 5.69 Å². The molecule has 0 bridgehead atoms. The molecule has 1 amide bonds. The molecule has 0 atom stereocenters. The summed E-state index contributed by atoms with van der Waals surface area (Å²) >= 11 is 6.04. The third kappa shape index (κ3) is 3.71. The molecule has 22 heavy (non-hydrogen) atoms. The van der Waals surface area contributed by atoms with E-state index >= 15 is 0 Å². The number of aryl methyl sites for hydroxylation is 1. The zero-order chi connectivity index (χ0) is 16.1. The van der Waals surface area contributed by atoms with Crippen molar-refractivity contribution < 1.29 is 14.3 Å². The minimum Gasteiger partial charge on any atom is -0.493 e. The lowest BCUT2D eigenvalue weighted by atomic mass is 10.0. The number of benzene rings is 2. The molecular weight excluding hydrogens is 302 g/mol. The van der Waals surface area contributed by atoms with Crippen molar-refractivity contribution in [3.05, 3.63) is 52.5 Å². The van der Waals surface area contributed by atoms with Gasteiger partial charge in [-0.1, -0.05) is 23.7 Å². The highest BCUT2D eigenvalue weighted by atomic mass is 35.5. The average molecular weight is 320 g/mol. The first-order valence-electron chi connectivity index (χ1n) is 6.81. The molecule has 1 N–H and O–H groups in total. The number of amides is 1. The largest absolute Gasteiger partial charge is 0.493 e. The van der Waals surface area contributed by atoms with Crippen molar-refractivity contribution in [2.24, 2.45) is 0 Å². The topological polar surface area (TPSA) is 47.6 Å². The van der Waals surface area contributed by atoms with Gasteiger partial charge in [-0.3, -0.25) is 4.79 Å². The fourth-order valence-corrected chi connectivity index (χ4v) is 2.33. The van der Waals surface area contributed by atoms with E-state index < -0.39 is 0 Å². The molecule has 2 rings (SSSR count). The maximum Gasteiger partial charge on any atom is 0.228 e. The Labute approximate surface area is 135 Å². The molecule has 0 saturated carbocycles. The van der Waals surface area contributed by atoms with E-state index in [1.807, 2.05) is 31.2 Å². The van der Waals surface area contributed by atoms with Crippen LogP contribution in [0.25, 0.3) is 0 Å². The Morgan fingerprint density at radius 2 is 1.77 bits per heavy atom. The number of halogens is 1. The molecule has 0 aliphatic rings. The Morgan fingerprint density at radius 1 is 1.14 bits per heavy atom. The number of methoxy groups -OCH3 is 2. The summed E-state index contributed by atoms with van der Waals surface area (Å²) in [4.78, 5) is 12.2. The molecule has 0 heterocycles. The number of anilines is 1. The van der Waals surface area contributed by atoms with E-state index in [-0.39, 0.29) is 12.3 Å². The first kappa shape index (κ1) is 16.2. The second kappa shape index (κ2) is 7.18. The van der Waals surface area contributed by atoms with E-state index in [1.165, 1.54) is 0 Å². The van der Waals surface area contributed by atoms with E-state index in [2.05, 4.69) is 5.32 Å². The molecule has 0 unspecified atom stereocenters. The van der Waals surface area contributed by atoms with Gasteiger partial charge in [-0.15, -0.1) is 0 Å². The summed E-state index contributed by atoms with van der Waals surface area (Å²) in [6.45, 7) is 1.93. The molecule has 4 nitrogen and oxygen atoms in total. The molecule has 0 radical (unpaired) electrons. The third-order valence-corrected chi connectivity index (χ3v) is 3.67. The number of hydrogen-bond acceptors (Lipinski definition) is 3. The van der Waals surface area contributed by atoms with Crippen LogP contribution in [-0.4, -0.2) is 20.1 Å². The lowest BCUT2D eigenvalue weighted by Crippen LogP contribution is -2.15. The van der Waals surface area contributed by atoms with Gasteiger partial charge in [0.1, 0.15) is 0 Å². The van der Waals surface area contributed by atoms with Crippen LogP contribution in [0.5, 0.6) is 11.5 Å². The zero-order valence-corrected chi connectivity index (χ0v) is 13.5. The van der Waals surface area contributed by atoms with Crippen molar-refractivity contribution in [3.63, 3.8) is 0 Å². The summed E-state index contributed by atoms with van der Waals surface area (Å²) in [6, 6.07) is 10.8. The van der Waals surface area contributed by atoms with Crippen molar-refractivity contribution in [2.45, 2.75) is 13.3 Å². The second-order valence-electron chi connectivity index (χ2n) is 4.84. The van der Waals surface area contributed by atoms with Gasteiger partial charge in [-0.25, -0.2) is 0 Å². The SMILES string of the molecule is COc1cc(C)c(CC(=O)Nc2ccccc2Cl)cc1OC. The van der Waals surface area contributed by atoms with Crippen LogP contribution in [0.2, 0.25) is 5.02 Å². The van der Waals surface area contributed by atoms with Gasteiger partial charge >= 0.3 is 0 Å². The molecule has 0 saturated heterocycles. The van der Waals surface area contributed by atoms with Crippen molar-refractivity contribution in [2.75, 3.05) is 19.5 Å². The first-order chi connectivity index (χ1) is 10.5. The first-order valence-corrected chi connectivity index (χ1v) is 7.18. The van der Waals surface area contributed by atoms with Crippen molar-refractivity contribution >= 4 is 23.2 Å². The molecular formula is C17H18ClNO3. The molecule has 2 aromatic rings. The van der Waals surface area contributed by atoms with Gasteiger partial charge in [0.25, 0.3) is 0 Å². The van der Waals surface area contributed by atoms with E-state index in [0.717, 1.165) is 11.1 Å². The van der Waals surface area contributed by atoms with Gasteiger partial charge in [0.15, 0.2) is 11.5 Å². The Kier molecular flexibility index (Phi) is 5.28. The Bertz CT molecular complexity index is 686. The van der Waals surface area contributed by atoms with Crippen molar-refractivity contribution in [1.82, 2.24) is 0 Å². The van der Waals surface area contributed by atoms with Crippen LogP contribution in [0.15, 0.2) is 36.4 Å². The third-order valence-electron chi connectivity index (χ3n) is 3.34. The minimum absolute atomic E-state index is 0.136. The summed E-state index contributed by atoms with van der Waals surface area (Å²) < 4.78 is 10.5. The Morgan fingerprint density at radius 3 is 2.41 bits per heavy atom. The summed E-state index contributed by atoms with van der Waals surface area (Å²) in [5.41, 5.74) is 2.45. The highest BCUT2D eigenvalue weighted by Crippen LogP contribution is 2.30. The predicted molar refractivity (Wildman–Crippen MR) is 88.1 cm³/mol.